The molecule has 0 spiro atoms. The Balaban J connectivity index is 0.000000411. The first-order valence-corrected chi connectivity index (χ1v) is 27.6. The Morgan fingerprint density at radius 1 is 0.600 bits per heavy atom. The van der Waals surface area contributed by atoms with E-state index in [0.717, 1.165) is 49.0 Å². The van der Waals surface area contributed by atoms with Crippen LogP contribution in [0.15, 0.2) is 153 Å². The fourth-order valence-corrected chi connectivity index (χ4v) is 10.2. The van der Waals surface area contributed by atoms with Gasteiger partial charge in [-0.1, -0.05) is 89.3 Å². The van der Waals surface area contributed by atoms with E-state index in [9.17, 15) is 38.1 Å². The summed E-state index contributed by atoms with van der Waals surface area (Å²) in [6.45, 7) is 11.1. The van der Waals surface area contributed by atoms with Crippen LogP contribution in [0, 0.1) is 57.5 Å². The van der Waals surface area contributed by atoms with Crippen LogP contribution in [0.25, 0.3) is 10.7 Å². The molecule has 90 heavy (non-hydrogen) atoms. The van der Waals surface area contributed by atoms with Crippen LogP contribution in [0.2, 0.25) is 10.3 Å². The molecule has 0 unspecified atom stereocenters. The second kappa shape index (κ2) is 37.7. The maximum atomic E-state index is 13.2. The van der Waals surface area contributed by atoms with E-state index in [1.807, 2.05) is 0 Å². The summed E-state index contributed by atoms with van der Waals surface area (Å²) < 4.78 is 40.4. The van der Waals surface area contributed by atoms with Gasteiger partial charge in [-0.25, -0.2) is 54.1 Å². The summed E-state index contributed by atoms with van der Waals surface area (Å²) in [7, 11) is 0. The maximum Gasteiger partial charge on any atom is 0.338 e. The molecule has 8 heterocycles. The minimum atomic E-state index is -1.06. The van der Waals surface area contributed by atoms with Gasteiger partial charge in [0, 0.05) is 70.7 Å². The number of nitriles is 2. The minimum absolute atomic E-state index is 0. The number of carbonyl (C=O) groups excluding carboxylic acids is 2. The fraction of sp³-hybridized carbons (Fsp3) is 0.338. The third-order valence-electron chi connectivity index (χ3n) is 14.6. The maximum absolute atomic E-state index is 13.2. The highest BCUT2D eigenvalue weighted by atomic mass is 35.5. The molecule has 0 saturated carbocycles. The summed E-state index contributed by atoms with van der Waals surface area (Å²) in [5.74, 6) is -1.73. The molecule has 5 aromatic heterocycles. The van der Waals surface area contributed by atoms with E-state index in [1.54, 1.807) is 82.9 Å². The number of hydrogen-bond donors (Lipinski definition) is 3. The van der Waals surface area contributed by atoms with Gasteiger partial charge in [0.2, 0.25) is 5.54 Å². The van der Waals surface area contributed by atoms with Crippen molar-refractivity contribution in [2.24, 2.45) is 10.8 Å². The lowest BCUT2D eigenvalue weighted by Gasteiger charge is -2.37. The molecule has 3 aliphatic heterocycles. The van der Waals surface area contributed by atoms with E-state index in [2.05, 4.69) is 62.5 Å². The Morgan fingerprint density at radius 2 is 1.02 bits per heavy atom. The van der Waals surface area contributed by atoms with Crippen LogP contribution in [-0.2, 0) is 19.3 Å². The number of benzene rings is 3. The number of aromatic nitrogens is 9. The number of amides is 2. The Labute approximate surface area is 540 Å². The molecular formula is C65H75Cl3F3N15O4. The lowest BCUT2D eigenvalue weighted by atomic mass is 9.75. The fourth-order valence-electron chi connectivity index (χ4n) is 9.78. The first kappa shape index (κ1) is 77.0. The number of halogens is 6. The Morgan fingerprint density at radius 3 is 1.38 bits per heavy atom. The Bertz CT molecular complexity index is 3550. The monoisotopic (exact) mass is 1290 g/mol. The number of aromatic carboxylic acids is 1. The zero-order chi connectivity index (χ0) is 60.7. The number of H-pyrrole nitrogens is 1. The molecule has 11 rings (SSSR count). The van der Waals surface area contributed by atoms with Gasteiger partial charge in [0.15, 0.2) is 5.82 Å². The molecule has 0 radical (unpaired) electrons. The molecule has 8 aromatic rings. The number of rotatable bonds is 10. The summed E-state index contributed by atoms with van der Waals surface area (Å²) in [6, 6.07) is 33.5. The molecule has 3 fully saturated rings. The number of carboxylic acid groups (broad SMARTS) is 1. The molecule has 0 bridgehead atoms. The third kappa shape index (κ3) is 21.9. The van der Waals surface area contributed by atoms with Gasteiger partial charge < -0.3 is 25.1 Å². The van der Waals surface area contributed by atoms with Crippen LogP contribution in [-0.4, -0.2) is 122 Å². The normalized spacial score (nSPS) is 14.4. The smallest absolute Gasteiger partial charge is 0.338 e. The van der Waals surface area contributed by atoms with Gasteiger partial charge in [0.1, 0.15) is 53.1 Å². The number of nitrogens with one attached hydrogen (secondary N) is 2. The highest BCUT2D eigenvalue weighted by Gasteiger charge is 2.40. The molecule has 476 valence electrons. The minimum Gasteiger partial charge on any atom is -0.478 e. The molecule has 2 amide bonds. The molecule has 3 N–H and O–H groups in total. The van der Waals surface area contributed by atoms with Gasteiger partial charge in [0.05, 0.1) is 46.1 Å². The van der Waals surface area contributed by atoms with E-state index < -0.39 is 16.8 Å². The zero-order valence-corrected chi connectivity index (χ0v) is 48.7. The van der Waals surface area contributed by atoms with Crippen molar-refractivity contribution in [3.63, 3.8) is 0 Å². The van der Waals surface area contributed by atoms with Crippen molar-refractivity contribution in [3.05, 3.63) is 226 Å². The second-order valence-electron chi connectivity index (χ2n) is 20.2. The van der Waals surface area contributed by atoms with E-state index >= 15 is 0 Å². The van der Waals surface area contributed by atoms with Crippen LogP contribution in [0.5, 0.6) is 0 Å². The molecular weight excluding hydrogens is 1220 g/mol. The number of piperidine rings is 3. The average molecular weight is 1290 g/mol. The first-order chi connectivity index (χ1) is 41.1. The van der Waals surface area contributed by atoms with Crippen molar-refractivity contribution in [3.8, 4) is 18.0 Å². The summed E-state index contributed by atoms with van der Waals surface area (Å²) in [5.41, 5.74) is 2.40. The third-order valence-corrected chi connectivity index (χ3v) is 15.2. The molecule has 0 atom stereocenters. The number of carboxylic acids is 1. The van der Waals surface area contributed by atoms with Gasteiger partial charge in [0.25, 0.3) is 11.8 Å². The van der Waals surface area contributed by atoms with Crippen molar-refractivity contribution >= 4 is 53.4 Å². The second-order valence-corrected chi connectivity index (χ2v) is 20.9. The number of hydrogen-bond acceptors (Lipinski definition) is 13. The van der Waals surface area contributed by atoms with Crippen molar-refractivity contribution in [1.82, 2.24) is 60.0 Å². The zero-order valence-electron chi connectivity index (χ0n) is 46.3. The predicted octanol–water partition coefficient (Wildman–Crippen LogP) is 13.3. The van der Waals surface area contributed by atoms with Crippen molar-refractivity contribution in [2.75, 3.05) is 39.3 Å². The molecule has 3 aromatic carbocycles. The molecule has 25 heteroatoms. The van der Waals surface area contributed by atoms with Gasteiger partial charge in [-0.15, -0.1) is 12.4 Å². The quantitative estimate of drug-likeness (QED) is 0.0851. The number of carbonyl (C=O) groups is 3. The van der Waals surface area contributed by atoms with Crippen LogP contribution in [0.1, 0.15) is 116 Å². The summed E-state index contributed by atoms with van der Waals surface area (Å²) in [4.78, 5) is 62.5. The van der Waals surface area contributed by atoms with Crippen molar-refractivity contribution < 1.29 is 32.7 Å². The SMILES string of the molecule is C.C.C.C.Cl.N#CC1(Cc2ccc(F)cc2)CCN(C(=O)c2cccnc2-n2cncn2)CC1.N#CC1(Cc2ccc(F)cc2)CCN(C(=O)c2cccnc2Cl)CC1.O=C(O)c1cccnc1Cl.[C-]#[N+]C1(Cc2ccc(F)cc2)CCNCC1.c1nc[nH]n1. The van der Waals surface area contributed by atoms with Gasteiger partial charge in [-0.3, -0.25) is 14.7 Å². The van der Waals surface area contributed by atoms with E-state index in [-0.39, 0.29) is 92.8 Å². The van der Waals surface area contributed by atoms with Crippen molar-refractivity contribution in [2.45, 2.75) is 93.0 Å². The molecule has 3 saturated heterocycles. The number of aromatic amines is 1. The first-order valence-electron chi connectivity index (χ1n) is 26.9. The molecule has 19 nitrogen and oxygen atoms in total. The van der Waals surface area contributed by atoms with Crippen LogP contribution in [0.3, 0.4) is 0 Å². The van der Waals surface area contributed by atoms with Crippen LogP contribution < -0.4 is 5.32 Å². The number of nitrogens with zero attached hydrogens (tertiary/aromatic N) is 13. The van der Waals surface area contributed by atoms with Crippen molar-refractivity contribution in [1.29, 1.82) is 10.5 Å². The summed E-state index contributed by atoms with van der Waals surface area (Å²) in [6.07, 6.45) is 16.3. The highest BCUT2D eigenvalue weighted by molar-refractivity contribution is 6.32. The summed E-state index contributed by atoms with van der Waals surface area (Å²) >= 11 is 11.4. The summed E-state index contributed by atoms with van der Waals surface area (Å²) in [5, 5.41) is 41.5. The van der Waals surface area contributed by atoms with Gasteiger partial charge in [-0.2, -0.15) is 20.7 Å². The standard InChI is InChI=1S/C21H19FN6O.C19H17ClFN3O.C13H15FN2.C6H4ClNO2.C2H3N3.4CH4.ClH/c22-17-5-3-16(4-6-17)12-21(13-23)7-10-27(11-8-21)20(29)18-2-1-9-25-19(18)28-15-24-14-26-28;20-17-16(2-1-9-23-17)18(25)24-10-7-19(13-22,8-11-24)12-14-3-5-15(21)6-4-14;1-15-13(6-8-16-9-7-13)10-11-2-4-12(14)5-3-11;7-5-4(6(9)10)2-1-3-8-5;1-3-2-5-4-1;;;;;/h1-6,9,14-15H,7-8,10-12H2;1-6,9H,7-8,10-12H2;2-5,16H,6-10H2;1-3H,(H,9,10);1-2H,(H,3,4,5);4*1H4;1H. The average Bonchev–Trinajstić information content (AvgIpc) is 1.14. The molecule has 3 aliphatic rings. The Hall–Kier alpha value is -9.11. The largest absolute Gasteiger partial charge is 0.478 e. The number of likely N-dealkylation sites (tertiary alicyclic amines) is 2. The Kier molecular flexibility index (Phi) is 32.2. The topological polar surface area (TPSA) is 253 Å². The van der Waals surface area contributed by atoms with Crippen LogP contribution >= 0.6 is 35.6 Å². The van der Waals surface area contributed by atoms with Gasteiger partial charge >= 0.3 is 5.97 Å². The molecule has 0 aliphatic carbocycles. The van der Waals surface area contributed by atoms with Gasteiger partial charge in [-0.05, 0) is 128 Å². The van der Waals surface area contributed by atoms with Crippen LogP contribution in [0.4, 0.5) is 13.2 Å². The van der Waals surface area contributed by atoms with E-state index in [4.69, 9.17) is 34.9 Å². The van der Waals surface area contributed by atoms with E-state index in [1.165, 1.54) is 84.7 Å². The van der Waals surface area contributed by atoms with E-state index in [0.29, 0.717) is 81.6 Å². The highest BCUT2D eigenvalue weighted by Crippen LogP contribution is 2.37. The number of pyridine rings is 3. The predicted molar refractivity (Wildman–Crippen MR) is 343 cm³/mol. The lowest BCUT2D eigenvalue weighted by molar-refractivity contribution is 0.0639. The lowest BCUT2D eigenvalue weighted by Crippen LogP contribution is -2.43.